The smallest absolute Gasteiger partial charge is 0.243 e. The minimum atomic E-state index is -0.494. The molecule has 7 nitrogen and oxygen atoms in total. The number of hydrogen-bond donors (Lipinski definition) is 0. The van der Waals surface area contributed by atoms with Crippen LogP contribution < -0.4 is 0 Å². The van der Waals surface area contributed by atoms with Crippen LogP contribution in [0.2, 0.25) is 5.28 Å². The fourth-order valence-electron chi connectivity index (χ4n) is 1.50. The van der Waals surface area contributed by atoms with Crippen LogP contribution in [0.4, 0.5) is 4.79 Å². The maximum Gasteiger partial charge on any atom is 0.373 e. The van der Waals surface area contributed by atoms with E-state index in [-0.39, 0.29) is 5.28 Å². The number of rotatable bonds is 4. The van der Waals surface area contributed by atoms with Crippen LogP contribution >= 0.6 is 11.6 Å². The minimum absolute atomic E-state index is 0.0435. The number of aryl methyl sites for hydroxylation is 1. The van der Waals surface area contributed by atoms with Gasteiger partial charge >= 0.3 is 6.03 Å². The highest BCUT2D eigenvalue weighted by Crippen LogP contribution is 2.09. The first kappa shape index (κ1) is 12.7. The third-order valence-corrected chi connectivity index (χ3v) is 2.66. The maximum atomic E-state index is 11.9. The van der Waals surface area contributed by atoms with Crippen molar-refractivity contribution in [2.45, 2.75) is 32.6 Å². The Morgan fingerprint density at radius 1 is 1.44 bits per heavy atom. The van der Waals surface area contributed by atoms with Crippen LogP contribution in [0.3, 0.4) is 0 Å². The SMILES string of the molecule is CCCCCc1nc(Cl)n(C(=O)n2cncn2)n1. The van der Waals surface area contributed by atoms with E-state index in [9.17, 15) is 4.79 Å². The van der Waals surface area contributed by atoms with Crippen LogP contribution in [0, 0.1) is 0 Å². The Morgan fingerprint density at radius 2 is 2.28 bits per heavy atom. The number of halogens is 1. The number of hydrogen-bond acceptors (Lipinski definition) is 5. The summed E-state index contributed by atoms with van der Waals surface area (Å²) in [7, 11) is 0. The molecule has 0 unspecified atom stereocenters. The minimum Gasteiger partial charge on any atom is -0.243 e. The van der Waals surface area contributed by atoms with Gasteiger partial charge in [-0.2, -0.15) is 9.78 Å². The molecule has 18 heavy (non-hydrogen) atoms. The van der Waals surface area contributed by atoms with Crippen LogP contribution in [0.1, 0.15) is 32.0 Å². The summed E-state index contributed by atoms with van der Waals surface area (Å²) in [5.74, 6) is 0.571. The molecule has 0 aliphatic rings. The quantitative estimate of drug-likeness (QED) is 0.790. The van der Waals surface area contributed by atoms with Crippen LogP contribution in [0.5, 0.6) is 0 Å². The van der Waals surface area contributed by atoms with Crippen LogP contribution in [0.25, 0.3) is 0 Å². The zero-order chi connectivity index (χ0) is 13.0. The van der Waals surface area contributed by atoms with Gasteiger partial charge < -0.3 is 0 Å². The first-order valence-corrected chi connectivity index (χ1v) is 6.11. The Hall–Kier alpha value is -1.76. The second-order valence-electron chi connectivity index (χ2n) is 3.79. The van der Waals surface area contributed by atoms with Crippen LogP contribution in [-0.4, -0.2) is 35.6 Å². The molecule has 0 radical (unpaired) electrons. The molecule has 96 valence electrons. The molecule has 0 atom stereocenters. The topological polar surface area (TPSA) is 78.5 Å². The van der Waals surface area contributed by atoms with Gasteiger partial charge in [0, 0.05) is 6.42 Å². The molecule has 8 heteroatoms. The van der Waals surface area contributed by atoms with Gasteiger partial charge in [-0.25, -0.2) is 14.8 Å². The van der Waals surface area contributed by atoms with Gasteiger partial charge in [0.1, 0.15) is 12.7 Å². The largest absolute Gasteiger partial charge is 0.373 e. The number of aromatic nitrogens is 6. The molecule has 0 amide bonds. The van der Waals surface area contributed by atoms with Crippen molar-refractivity contribution in [3.8, 4) is 0 Å². The fourth-order valence-corrected chi connectivity index (χ4v) is 1.71. The van der Waals surface area contributed by atoms with E-state index in [1.165, 1.54) is 12.7 Å². The molecule has 0 aliphatic heterocycles. The summed E-state index contributed by atoms with van der Waals surface area (Å²) in [6.45, 7) is 2.12. The predicted octanol–water partition coefficient (Wildman–Crippen LogP) is 1.77. The van der Waals surface area contributed by atoms with Crippen molar-refractivity contribution in [1.29, 1.82) is 0 Å². The summed E-state index contributed by atoms with van der Waals surface area (Å²) in [6.07, 6.45) is 6.47. The molecule has 0 saturated carbocycles. The zero-order valence-electron chi connectivity index (χ0n) is 9.95. The van der Waals surface area contributed by atoms with Crippen molar-refractivity contribution in [3.63, 3.8) is 0 Å². The number of unbranched alkanes of at least 4 members (excludes halogenated alkanes) is 2. The standard InChI is InChI=1S/C10H13ClN6O/c1-2-3-4-5-8-14-9(11)17(15-8)10(18)16-7-12-6-13-16/h6-7H,2-5H2,1H3. The number of nitrogens with zero attached hydrogens (tertiary/aromatic N) is 6. The summed E-state index contributed by atoms with van der Waals surface area (Å²) in [5, 5.41) is 7.84. The lowest BCUT2D eigenvalue weighted by atomic mass is 10.2. The van der Waals surface area contributed by atoms with E-state index in [0.29, 0.717) is 12.2 Å². The molecule has 0 N–H and O–H groups in total. The molecule has 0 saturated heterocycles. The number of carbonyl (C=O) groups is 1. The summed E-state index contributed by atoms with van der Waals surface area (Å²) < 4.78 is 2.08. The highest BCUT2D eigenvalue weighted by molar-refractivity contribution is 6.29. The molecule has 0 aliphatic carbocycles. The molecule has 2 aromatic rings. The summed E-state index contributed by atoms with van der Waals surface area (Å²) in [6, 6.07) is -0.494. The first-order valence-electron chi connectivity index (χ1n) is 5.73. The average Bonchev–Trinajstić information content (AvgIpc) is 2.98. The van der Waals surface area contributed by atoms with Crippen molar-refractivity contribution in [1.82, 2.24) is 29.5 Å². The van der Waals surface area contributed by atoms with Gasteiger partial charge in [-0.1, -0.05) is 19.8 Å². The Balaban J connectivity index is 2.11. The lowest BCUT2D eigenvalue weighted by Crippen LogP contribution is -2.21. The van der Waals surface area contributed by atoms with Gasteiger partial charge in [0.25, 0.3) is 0 Å². The molecule has 2 heterocycles. The Morgan fingerprint density at radius 3 is 2.94 bits per heavy atom. The Labute approximate surface area is 109 Å². The van der Waals surface area contributed by atoms with Gasteiger partial charge in [0.2, 0.25) is 5.28 Å². The van der Waals surface area contributed by atoms with Crippen molar-refractivity contribution in [2.24, 2.45) is 0 Å². The fraction of sp³-hybridized carbons (Fsp3) is 0.500. The van der Waals surface area contributed by atoms with E-state index in [1.807, 2.05) is 0 Å². The molecular weight excluding hydrogens is 256 g/mol. The van der Waals surface area contributed by atoms with Crippen molar-refractivity contribution in [3.05, 3.63) is 23.8 Å². The van der Waals surface area contributed by atoms with Crippen molar-refractivity contribution < 1.29 is 4.79 Å². The second kappa shape index (κ2) is 5.72. The number of carbonyl (C=O) groups excluding carboxylic acids is 1. The van der Waals surface area contributed by atoms with E-state index >= 15 is 0 Å². The Kier molecular flexibility index (Phi) is 4.03. The third kappa shape index (κ3) is 2.73. The molecule has 2 aromatic heterocycles. The molecule has 2 rings (SSSR count). The average molecular weight is 269 g/mol. The lowest BCUT2D eigenvalue weighted by molar-refractivity contribution is 0.238. The van der Waals surface area contributed by atoms with E-state index < -0.39 is 6.03 Å². The maximum absolute atomic E-state index is 11.9. The molecule has 0 bridgehead atoms. The molecule has 0 spiro atoms. The predicted molar refractivity (Wildman–Crippen MR) is 64.5 cm³/mol. The van der Waals surface area contributed by atoms with Gasteiger partial charge in [0.05, 0.1) is 0 Å². The summed E-state index contributed by atoms with van der Waals surface area (Å²) >= 11 is 5.88. The Bertz CT molecular complexity index is 520. The van der Waals surface area contributed by atoms with Crippen molar-refractivity contribution in [2.75, 3.05) is 0 Å². The summed E-state index contributed by atoms with van der Waals surface area (Å²) in [4.78, 5) is 19.6. The van der Waals surface area contributed by atoms with Crippen LogP contribution in [0.15, 0.2) is 12.7 Å². The van der Waals surface area contributed by atoms with Gasteiger partial charge in [-0.3, -0.25) is 0 Å². The van der Waals surface area contributed by atoms with Gasteiger partial charge in [-0.15, -0.1) is 9.78 Å². The van der Waals surface area contributed by atoms with E-state index in [2.05, 4.69) is 27.1 Å². The van der Waals surface area contributed by atoms with Crippen LogP contribution in [-0.2, 0) is 6.42 Å². The molecule has 0 aromatic carbocycles. The zero-order valence-corrected chi connectivity index (χ0v) is 10.7. The van der Waals surface area contributed by atoms with E-state index in [4.69, 9.17) is 11.6 Å². The second-order valence-corrected chi connectivity index (χ2v) is 4.13. The lowest BCUT2D eigenvalue weighted by Gasteiger charge is -1.98. The highest BCUT2D eigenvalue weighted by Gasteiger charge is 2.16. The normalized spacial score (nSPS) is 10.8. The van der Waals surface area contributed by atoms with Crippen molar-refractivity contribution >= 4 is 17.6 Å². The monoisotopic (exact) mass is 268 g/mol. The van der Waals surface area contributed by atoms with E-state index in [0.717, 1.165) is 28.6 Å². The highest BCUT2D eigenvalue weighted by atomic mass is 35.5. The molecule has 0 fully saturated rings. The van der Waals surface area contributed by atoms with Gasteiger partial charge in [0.15, 0.2) is 5.82 Å². The van der Waals surface area contributed by atoms with Gasteiger partial charge in [-0.05, 0) is 18.0 Å². The first-order chi connectivity index (χ1) is 8.72. The third-order valence-electron chi connectivity index (χ3n) is 2.41. The molecular formula is C10H13ClN6O. The summed E-state index contributed by atoms with van der Waals surface area (Å²) in [5.41, 5.74) is 0. The van der Waals surface area contributed by atoms with E-state index in [1.54, 1.807) is 0 Å².